The number of nitrogens with zero attached hydrogens (tertiary/aromatic N) is 5. The van der Waals surface area contributed by atoms with Crippen LogP contribution in [0.4, 0.5) is 5.82 Å². The van der Waals surface area contributed by atoms with Crippen LogP contribution < -0.4 is 10.1 Å². The van der Waals surface area contributed by atoms with Crippen molar-refractivity contribution < 1.29 is 4.74 Å². The molecule has 0 fully saturated rings. The highest BCUT2D eigenvalue weighted by Crippen LogP contribution is 2.28. The zero-order valence-electron chi connectivity index (χ0n) is 12.1. The van der Waals surface area contributed by atoms with Crippen LogP contribution in [0.1, 0.15) is 24.1 Å². The predicted molar refractivity (Wildman–Crippen MR) is 78.3 cm³/mol. The van der Waals surface area contributed by atoms with Gasteiger partial charge in [-0.1, -0.05) is 17.7 Å². The van der Waals surface area contributed by atoms with E-state index >= 15 is 0 Å². The molecule has 0 saturated carbocycles. The van der Waals surface area contributed by atoms with Crippen molar-refractivity contribution in [3.05, 3.63) is 41.5 Å². The van der Waals surface area contributed by atoms with Crippen LogP contribution in [0.3, 0.4) is 0 Å². The Morgan fingerprint density at radius 3 is 2.90 bits per heavy atom. The molecule has 2 heterocycles. The van der Waals surface area contributed by atoms with Gasteiger partial charge in [0.05, 0.1) is 13.2 Å². The Kier molecular flexibility index (Phi) is 3.39. The van der Waals surface area contributed by atoms with E-state index in [1.807, 2.05) is 24.3 Å². The van der Waals surface area contributed by atoms with Crippen LogP contribution in [0.2, 0.25) is 0 Å². The first kappa shape index (κ1) is 13.3. The predicted octanol–water partition coefficient (Wildman–Crippen LogP) is 2.01. The van der Waals surface area contributed by atoms with Crippen LogP contribution in [0.25, 0.3) is 5.65 Å². The molecule has 0 saturated heterocycles. The Balaban J connectivity index is 1.88. The average molecular weight is 284 g/mol. The molecule has 7 heteroatoms. The number of nitrogens with one attached hydrogen (secondary N) is 1. The van der Waals surface area contributed by atoms with Gasteiger partial charge in [0.2, 0.25) is 0 Å². The summed E-state index contributed by atoms with van der Waals surface area (Å²) in [6, 6.07) is 9.81. The quantitative estimate of drug-likeness (QED) is 0.789. The highest BCUT2D eigenvalue weighted by atomic mass is 16.5. The lowest BCUT2D eigenvalue weighted by Gasteiger charge is -2.18. The van der Waals surface area contributed by atoms with Crippen LogP contribution in [0.15, 0.2) is 30.3 Å². The summed E-state index contributed by atoms with van der Waals surface area (Å²) in [5.41, 5.74) is 2.88. The maximum absolute atomic E-state index is 5.42. The molecule has 1 aromatic carbocycles. The lowest BCUT2D eigenvalue weighted by molar-refractivity contribution is 0.407. The molecule has 1 atom stereocenters. The molecular weight excluding hydrogens is 268 g/mol. The third-order valence-corrected chi connectivity index (χ3v) is 3.29. The van der Waals surface area contributed by atoms with Gasteiger partial charge in [0.25, 0.3) is 0 Å². The van der Waals surface area contributed by atoms with E-state index in [0.29, 0.717) is 11.5 Å². The van der Waals surface area contributed by atoms with E-state index in [-0.39, 0.29) is 6.04 Å². The monoisotopic (exact) mass is 284 g/mol. The molecule has 0 unspecified atom stereocenters. The van der Waals surface area contributed by atoms with Gasteiger partial charge in [-0.05, 0) is 42.5 Å². The number of methoxy groups -OCH3 is 1. The van der Waals surface area contributed by atoms with Gasteiger partial charge in [0, 0.05) is 5.56 Å². The van der Waals surface area contributed by atoms with Crippen LogP contribution in [-0.2, 0) is 0 Å². The summed E-state index contributed by atoms with van der Waals surface area (Å²) in [6.07, 6.45) is 0. The van der Waals surface area contributed by atoms with Crippen molar-refractivity contribution in [1.29, 1.82) is 0 Å². The van der Waals surface area contributed by atoms with Gasteiger partial charge in [0.1, 0.15) is 11.6 Å². The van der Waals surface area contributed by atoms with Gasteiger partial charge in [-0.15, -0.1) is 14.8 Å². The first-order chi connectivity index (χ1) is 10.2. The van der Waals surface area contributed by atoms with Crippen LogP contribution in [-0.4, -0.2) is 32.4 Å². The Labute approximate surface area is 121 Å². The Morgan fingerprint density at radius 2 is 2.10 bits per heavy atom. The van der Waals surface area contributed by atoms with E-state index in [0.717, 1.165) is 11.3 Å². The van der Waals surface area contributed by atoms with E-state index in [1.54, 1.807) is 7.11 Å². The second kappa shape index (κ2) is 5.35. The number of rotatable bonds is 4. The summed E-state index contributed by atoms with van der Waals surface area (Å²) in [5, 5.41) is 18.8. The van der Waals surface area contributed by atoms with Crippen molar-refractivity contribution in [3.8, 4) is 5.75 Å². The number of anilines is 1. The third kappa shape index (κ3) is 2.62. The third-order valence-electron chi connectivity index (χ3n) is 3.29. The normalized spacial score (nSPS) is 12.3. The highest BCUT2D eigenvalue weighted by Gasteiger charge is 2.12. The summed E-state index contributed by atoms with van der Waals surface area (Å²) in [7, 11) is 1.67. The maximum Gasteiger partial charge on any atom is 0.200 e. The van der Waals surface area contributed by atoms with E-state index in [2.05, 4.69) is 45.9 Å². The van der Waals surface area contributed by atoms with Gasteiger partial charge in [-0.25, -0.2) is 0 Å². The van der Waals surface area contributed by atoms with Crippen molar-refractivity contribution in [1.82, 2.24) is 25.3 Å². The molecule has 0 aliphatic rings. The van der Waals surface area contributed by atoms with Crippen molar-refractivity contribution >= 4 is 11.5 Å². The van der Waals surface area contributed by atoms with Gasteiger partial charge in [0.15, 0.2) is 5.65 Å². The number of benzene rings is 1. The minimum absolute atomic E-state index is 0.0429. The average Bonchev–Trinajstić information content (AvgIpc) is 2.94. The summed E-state index contributed by atoms with van der Waals surface area (Å²) in [4.78, 5) is 0. The fourth-order valence-electron chi connectivity index (χ4n) is 2.22. The number of aromatic nitrogens is 5. The second-order valence-electron chi connectivity index (χ2n) is 4.86. The fraction of sp³-hybridized carbons (Fsp3) is 0.286. The topological polar surface area (TPSA) is 77.2 Å². The summed E-state index contributed by atoms with van der Waals surface area (Å²) in [6.45, 7) is 4.11. The number of hydrogen-bond donors (Lipinski definition) is 1. The first-order valence-corrected chi connectivity index (χ1v) is 6.64. The summed E-state index contributed by atoms with van der Waals surface area (Å²) < 4.78 is 6.81. The number of tetrazole rings is 1. The van der Waals surface area contributed by atoms with E-state index in [9.17, 15) is 0 Å². The minimum atomic E-state index is 0.0429. The molecule has 108 valence electrons. The fourth-order valence-corrected chi connectivity index (χ4v) is 2.22. The van der Waals surface area contributed by atoms with Crippen LogP contribution in [0.5, 0.6) is 5.75 Å². The van der Waals surface area contributed by atoms with Crippen LogP contribution >= 0.6 is 0 Å². The van der Waals surface area contributed by atoms with Gasteiger partial charge in [-0.2, -0.15) is 0 Å². The number of aryl methyl sites for hydroxylation is 1. The van der Waals surface area contributed by atoms with Gasteiger partial charge in [-0.3, -0.25) is 0 Å². The Bertz CT molecular complexity index is 769. The molecule has 0 spiro atoms. The SMILES string of the molecule is COc1ccc(C)cc1[C@@H](C)Nc1ccc2nnnn2n1. The standard InChI is InChI=1S/C14H16N6O/c1-9-4-5-12(21-3)11(8-9)10(2)15-13-6-7-14-16-18-19-20(14)17-13/h4-8,10H,1-3H3,(H,15,17)/t10-/m1/s1. The Morgan fingerprint density at radius 1 is 1.24 bits per heavy atom. The number of hydrogen-bond acceptors (Lipinski definition) is 6. The van der Waals surface area contributed by atoms with Crippen molar-refractivity contribution in [2.24, 2.45) is 0 Å². The molecule has 7 nitrogen and oxygen atoms in total. The smallest absolute Gasteiger partial charge is 0.200 e. The van der Waals surface area contributed by atoms with E-state index in [1.165, 1.54) is 10.2 Å². The van der Waals surface area contributed by atoms with Gasteiger partial charge < -0.3 is 10.1 Å². The molecule has 3 rings (SSSR count). The van der Waals surface area contributed by atoms with Crippen molar-refractivity contribution in [3.63, 3.8) is 0 Å². The lowest BCUT2D eigenvalue weighted by atomic mass is 10.0. The number of fused-ring (bicyclic) bond motifs is 1. The molecular formula is C14H16N6O. The lowest BCUT2D eigenvalue weighted by Crippen LogP contribution is -2.11. The summed E-state index contributed by atoms with van der Waals surface area (Å²) >= 11 is 0. The Hall–Kier alpha value is -2.70. The zero-order valence-corrected chi connectivity index (χ0v) is 12.1. The second-order valence-corrected chi connectivity index (χ2v) is 4.86. The molecule has 2 aromatic heterocycles. The largest absolute Gasteiger partial charge is 0.496 e. The van der Waals surface area contributed by atoms with E-state index in [4.69, 9.17) is 4.74 Å². The van der Waals surface area contributed by atoms with E-state index < -0.39 is 0 Å². The molecule has 0 aliphatic heterocycles. The minimum Gasteiger partial charge on any atom is -0.496 e. The maximum atomic E-state index is 5.42. The number of ether oxygens (including phenoxy) is 1. The molecule has 0 bridgehead atoms. The molecule has 21 heavy (non-hydrogen) atoms. The molecule has 3 aromatic rings. The molecule has 0 aliphatic carbocycles. The van der Waals surface area contributed by atoms with Crippen LogP contribution in [0, 0.1) is 6.92 Å². The first-order valence-electron chi connectivity index (χ1n) is 6.64. The molecule has 0 amide bonds. The highest BCUT2D eigenvalue weighted by molar-refractivity contribution is 5.46. The van der Waals surface area contributed by atoms with Crippen molar-refractivity contribution in [2.75, 3.05) is 12.4 Å². The summed E-state index contributed by atoms with van der Waals surface area (Å²) in [5.74, 6) is 1.55. The van der Waals surface area contributed by atoms with Crippen molar-refractivity contribution in [2.45, 2.75) is 19.9 Å². The molecule has 0 radical (unpaired) electrons. The zero-order chi connectivity index (χ0) is 14.8. The van der Waals surface area contributed by atoms with Gasteiger partial charge >= 0.3 is 0 Å². The molecule has 1 N–H and O–H groups in total.